The zero-order chi connectivity index (χ0) is 21.8. The predicted molar refractivity (Wildman–Crippen MR) is 127 cm³/mol. The van der Waals surface area contributed by atoms with E-state index < -0.39 is 0 Å². The fraction of sp³-hybridized carbons (Fsp3) is 0.400. The Kier molecular flexibility index (Phi) is 6.35. The van der Waals surface area contributed by atoms with Crippen LogP contribution in [0.2, 0.25) is 0 Å². The van der Waals surface area contributed by atoms with Gasteiger partial charge in [0.15, 0.2) is 0 Å². The van der Waals surface area contributed by atoms with Crippen molar-refractivity contribution >= 4 is 28.6 Å². The molecule has 0 atom stereocenters. The molecule has 3 N–H and O–H groups in total. The van der Waals surface area contributed by atoms with Crippen LogP contribution in [0.15, 0.2) is 48.5 Å². The number of benzene rings is 2. The molecule has 1 aliphatic rings. The van der Waals surface area contributed by atoms with Gasteiger partial charge < -0.3 is 16.0 Å². The van der Waals surface area contributed by atoms with Crippen LogP contribution in [-0.2, 0) is 6.42 Å². The van der Waals surface area contributed by atoms with Gasteiger partial charge in [-0.15, -0.1) is 0 Å². The zero-order valence-electron chi connectivity index (χ0n) is 18.3. The number of nitrogens with one attached hydrogen (secondary N) is 1. The molecule has 1 fully saturated rings. The fourth-order valence-electron chi connectivity index (χ4n) is 4.58. The summed E-state index contributed by atoms with van der Waals surface area (Å²) in [5.74, 6) is 1.99. The molecule has 6 heteroatoms. The minimum absolute atomic E-state index is 0.337. The van der Waals surface area contributed by atoms with Gasteiger partial charge in [0.25, 0.3) is 0 Å². The van der Waals surface area contributed by atoms with Gasteiger partial charge in [-0.05, 0) is 68.2 Å². The lowest BCUT2D eigenvalue weighted by molar-refractivity contribution is 0.0999. The Morgan fingerprint density at radius 3 is 2.48 bits per heavy atom. The maximum atomic E-state index is 11.6. The minimum atomic E-state index is -0.337. The quantitative estimate of drug-likeness (QED) is 0.595. The number of nitrogens with two attached hydrogens (primary N) is 1. The average Bonchev–Trinajstić information content (AvgIpc) is 2.78. The number of carbonyl (C=O) groups is 1. The number of aryl methyl sites for hydroxylation is 1. The van der Waals surface area contributed by atoms with Crippen molar-refractivity contribution in [3.8, 4) is 0 Å². The van der Waals surface area contributed by atoms with Crippen molar-refractivity contribution in [1.82, 2.24) is 9.97 Å². The van der Waals surface area contributed by atoms with Gasteiger partial charge in [-0.2, -0.15) is 4.98 Å². The summed E-state index contributed by atoms with van der Waals surface area (Å²) in [5, 5.41) is 4.64. The number of para-hydroxylation sites is 1. The molecular formula is C25H31N5O. The molecule has 1 aromatic heterocycles. The number of fused-ring (bicyclic) bond motifs is 1. The Labute approximate surface area is 183 Å². The number of amides is 1. The molecule has 2 aromatic carbocycles. The standard InChI is InChI=1S/C25H31N5O/c1-30(2)24-21-9-5-6-10-22(21)28-25(29-24)27-19-15-12-17(13-16-19)11-14-18-7-3-4-8-20(18)23(26)31/h3-10,17,19H,11-16H2,1-2H3,(H2,26,31)(H,27,28,29). The van der Waals surface area contributed by atoms with E-state index in [-0.39, 0.29) is 5.91 Å². The summed E-state index contributed by atoms with van der Waals surface area (Å²) in [7, 11) is 4.03. The van der Waals surface area contributed by atoms with Gasteiger partial charge in [-0.1, -0.05) is 30.3 Å². The first-order chi connectivity index (χ1) is 15.0. The van der Waals surface area contributed by atoms with Gasteiger partial charge >= 0.3 is 0 Å². The second-order valence-corrected chi connectivity index (χ2v) is 8.70. The molecule has 1 saturated carbocycles. The topological polar surface area (TPSA) is 84.1 Å². The van der Waals surface area contributed by atoms with Gasteiger partial charge in [-0.3, -0.25) is 4.79 Å². The maximum absolute atomic E-state index is 11.6. The first kappa shape index (κ1) is 21.1. The van der Waals surface area contributed by atoms with Crippen LogP contribution in [-0.4, -0.2) is 36.0 Å². The van der Waals surface area contributed by atoms with Gasteiger partial charge in [-0.25, -0.2) is 4.98 Å². The number of hydrogen-bond donors (Lipinski definition) is 2. The smallest absolute Gasteiger partial charge is 0.248 e. The van der Waals surface area contributed by atoms with E-state index >= 15 is 0 Å². The van der Waals surface area contributed by atoms with E-state index in [9.17, 15) is 4.79 Å². The number of anilines is 2. The van der Waals surface area contributed by atoms with E-state index in [0.29, 0.717) is 23.5 Å². The summed E-state index contributed by atoms with van der Waals surface area (Å²) >= 11 is 0. The lowest BCUT2D eigenvalue weighted by atomic mass is 9.82. The van der Waals surface area contributed by atoms with Gasteiger partial charge in [0, 0.05) is 31.1 Å². The second kappa shape index (κ2) is 9.33. The van der Waals surface area contributed by atoms with Gasteiger partial charge in [0.1, 0.15) is 5.82 Å². The van der Waals surface area contributed by atoms with Crippen LogP contribution < -0.4 is 16.0 Å². The van der Waals surface area contributed by atoms with Crippen molar-refractivity contribution in [2.45, 2.75) is 44.6 Å². The van der Waals surface area contributed by atoms with Crippen LogP contribution in [0.3, 0.4) is 0 Å². The lowest BCUT2D eigenvalue weighted by Gasteiger charge is -2.29. The molecule has 0 saturated heterocycles. The third-order valence-corrected chi connectivity index (χ3v) is 6.29. The number of rotatable bonds is 7. The Balaban J connectivity index is 1.35. The molecule has 0 radical (unpaired) electrons. The molecule has 6 nitrogen and oxygen atoms in total. The van der Waals surface area contributed by atoms with Crippen molar-refractivity contribution in [2.24, 2.45) is 11.7 Å². The molecule has 1 heterocycles. The number of primary amides is 1. The Morgan fingerprint density at radius 2 is 1.74 bits per heavy atom. The predicted octanol–water partition coefficient (Wildman–Crippen LogP) is 4.40. The summed E-state index contributed by atoms with van der Waals surface area (Å²) in [5.41, 5.74) is 8.20. The summed E-state index contributed by atoms with van der Waals surface area (Å²) in [4.78, 5) is 23.2. The van der Waals surface area contributed by atoms with Crippen LogP contribution in [0, 0.1) is 5.92 Å². The molecule has 3 aromatic rings. The summed E-state index contributed by atoms with van der Waals surface area (Å²) in [6, 6.07) is 16.2. The molecule has 1 amide bonds. The highest BCUT2D eigenvalue weighted by Crippen LogP contribution is 2.31. The Morgan fingerprint density at radius 1 is 1.03 bits per heavy atom. The third kappa shape index (κ3) is 4.95. The fourth-order valence-corrected chi connectivity index (χ4v) is 4.58. The third-order valence-electron chi connectivity index (χ3n) is 6.29. The number of hydrogen-bond acceptors (Lipinski definition) is 5. The second-order valence-electron chi connectivity index (χ2n) is 8.70. The van der Waals surface area contributed by atoms with Crippen LogP contribution in [0.5, 0.6) is 0 Å². The van der Waals surface area contributed by atoms with E-state index in [1.807, 2.05) is 61.5 Å². The first-order valence-electron chi connectivity index (χ1n) is 11.1. The highest BCUT2D eigenvalue weighted by molar-refractivity contribution is 5.94. The van der Waals surface area contributed by atoms with E-state index in [1.54, 1.807) is 0 Å². The van der Waals surface area contributed by atoms with Crippen molar-refractivity contribution < 1.29 is 4.79 Å². The summed E-state index contributed by atoms with van der Waals surface area (Å²) in [6.07, 6.45) is 6.55. The molecule has 162 valence electrons. The number of aromatic nitrogens is 2. The largest absolute Gasteiger partial charge is 0.366 e. The lowest BCUT2D eigenvalue weighted by Crippen LogP contribution is -2.27. The van der Waals surface area contributed by atoms with Gasteiger partial charge in [0.2, 0.25) is 11.9 Å². The molecule has 0 unspecified atom stereocenters. The molecule has 1 aliphatic carbocycles. The minimum Gasteiger partial charge on any atom is -0.366 e. The van der Waals surface area contributed by atoms with E-state index in [2.05, 4.69) is 11.4 Å². The van der Waals surface area contributed by atoms with E-state index in [1.165, 1.54) is 12.8 Å². The summed E-state index contributed by atoms with van der Waals surface area (Å²) < 4.78 is 0. The van der Waals surface area contributed by atoms with Crippen LogP contribution in [0.1, 0.15) is 48.0 Å². The SMILES string of the molecule is CN(C)c1nc(NC2CCC(CCc3ccccc3C(N)=O)CC2)nc2ccccc12. The normalized spacial score (nSPS) is 18.6. The van der Waals surface area contributed by atoms with E-state index in [0.717, 1.165) is 48.0 Å². The highest BCUT2D eigenvalue weighted by atomic mass is 16.1. The van der Waals surface area contributed by atoms with Crippen LogP contribution >= 0.6 is 0 Å². The van der Waals surface area contributed by atoms with Crippen LogP contribution in [0.25, 0.3) is 10.9 Å². The van der Waals surface area contributed by atoms with E-state index in [4.69, 9.17) is 15.7 Å². The molecule has 31 heavy (non-hydrogen) atoms. The number of carbonyl (C=O) groups excluding carboxylic acids is 1. The van der Waals surface area contributed by atoms with Crippen LogP contribution in [0.4, 0.5) is 11.8 Å². The van der Waals surface area contributed by atoms with Gasteiger partial charge in [0.05, 0.1) is 5.52 Å². The monoisotopic (exact) mass is 417 g/mol. The molecule has 4 rings (SSSR count). The highest BCUT2D eigenvalue weighted by Gasteiger charge is 2.22. The Hall–Kier alpha value is -3.15. The molecule has 0 aliphatic heterocycles. The van der Waals surface area contributed by atoms with Crippen molar-refractivity contribution in [2.75, 3.05) is 24.3 Å². The molecular weight excluding hydrogens is 386 g/mol. The molecule has 0 spiro atoms. The number of nitrogens with zero attached hydrogens (tertiary/aromatic N) is 3. The average molecular weight is 418 g/mol. The maximum Gasteiger partial charge on any atom is 0.248 e. The van der Waals surface area contributed by atoms with Crippen molar-refractivity contribution in [3.05, 3.63) is 59.7 Å². The van der Waals surface area contributed by atoms with Crippen molar-refractivity contribution in [1.29, 1.82) is 0 Å². The first-order valence-corrected chi connectivity index (χ1v) is 11.1. The van der Waals surface area contributed by atoms with Crippen molar-refractivity contribution in [3.63, 3.8) is 0 Å². The zero-order valence-corrected chi connectivity index (χ0v) is 18.3. The molecule has 0 bridgehead atoms. The Bertz CT molecular complexity index is 1060. The summed E-state index contributed by atoms with van der Waals surface area (Å²) in [6.45, 7) is 0.